The number of hydrogen-bond donors (Lipinski definition) is 0. The second-order valence-electron chi connectivity index (χ2n) is 7.35. The van der Waals surface area contributed by atoms with Crippen LogP contribution in [0, 0.1) is 6.92 Å². The van der Waals surface area contributed by atoms with Gasteiger partial charge in [0, 0.05) is 30.7 Å². The van der Waals surface area contributed by atoms with E-state index in [4.69, 9.17) is 0 Å². The molecule has 4 rings (SSSR count). The molecule has 2 aliphatic rings. The van der Waals surface area contributed by atoms with E-state index < -0.39 is 5.91 Å². The van der Waals surface area contributed by atoms with Crippen molar-refractivity contribution in [3.8, 4) is 5.69 Å². The highest BCUT2D eigenvalue weighted by Crippen LogP contribution is 2.32. The maximum atomic E-state index is 12.8. The first-order valence-electron chi connectivity index (χ1n) is 9.80. The van der Waals surface area contributed by atoms with Crippen molar-refractivity contribution in [2.24, 2.45) is 0 Å². The zero-order valence-corrected chi connectivity index (χ0v) is 17.2. The number of aromatic nitrogens is 1. The van der Waals surface area contributed by atoms with Gasteiger partial charge < -0.3 is 9.47 Å². The summed E-state index contributed by atoms with van der Waals surface area (Å²) in [7, 11) is 0. The highest BCUT2D eigenvalue weighted by atomic mass is 32.2. The number of amides is 3. The summed E-state index contributed by atoms with van der Waals surface area (Å²) in [5.41, 5.74) is 2.95. The molecule has 2 fully saturated rings. The van der Waals surface area contributed by atoms with Gasteiger partial charge in [0.05, 0.1) is 4.91 Å². The smallest absolute Gasteiger partial charge is 0.294 e. The van der Waals surface area contributed by atoms with E-state index in [9.17, 15) is 14.4 Å². The molecule has 0 spiro atoms. The van der Waals surface area contributed by atoms with E-state index >= 15 is 0 Å². The molecule has 0 radical (unpaired) electrons. The Morgan fingerprint density at radius 2 is 1.79 bits per heavy atom. The molecule has 2 saturated heterocycles. The van der Waals surface area contributed by atoms with Crippen LogP contribution in [0.25, 0.3) is 11.8 Å². The minimum Gasteiger partial charge on any atom is -0.341 e. The first-order valence-corrected chi connectivity index (χ1v) is 10.6. The minimum atomic E-state index is -0.401. The fraction of sp³-hybridized carbons (Fsp3) is 0.318. The maximum Gasteiger partial charge on any atom is 0.294 e. The number of aryl methyl sites for hydroxylation is 1. The molecular formula is C22H23N3O3S. The van der Waals surface area contributed by atoms with Gasteiger partial charge in [0.15, 0.2) is 0 Å². The zero-order chi connectivity index (χ0) is 20.4. The third-order valence-electron chi connectivity index (χ3n) is 5.25. The van der Waals surface area contributed by atoms with E-state index in [1.165, 1.54) is 5.56 Å². The third kappa shape index (κ3) is 4.15. The van der Waals surface area contributed by atoms with Crippen molar-refractivity contribution in [1.82, 2.24) is 14.4 Å². The highest BCUT2D eigenvalue weighted by molar-refractivity contribution is 8.18. The van der Waals surface area contributed by atoms with E-state index in [1.807, 2.05) is 54.1 Å². The number of benzene rings is 1. The fourth-order valence-corrected chi connectivity index (χ4v) is 4.42. The number of imide groups is 1. The number of hydrogen-bond acceptors (Lipinski definition) is 4. The summed E-state index contributed by atoms with van der Waals surface area (Å²) < 4.78 is 1.96. The van der Waals surface area contributed by atoms with Gasteiger partial charge in [0.25, 0.3) is 11.1 Å². The average Bonchev–Trinajstić information content (AvgIpc) is 3.29. The van der Waals surface area contributed by atoms with Crippen molar-refractivity contribution >= 4 is 34.9 Å². The van der Waals surface area contributed by atoms with Crippen LogP contribution < -0.4 is 0 Å². The summed E-state index contributed by atoms with van der Waals surface area (Å²) in [5, 5.41) is -0.389. The summed E-state index contributed by atoms with van der Waals surface area (Å²) in [4.78, 5) is 40.8. The normalized spacial score (nSPS) is 18.7. The molecule has 0 N–H and O–H groups in total. The molecule has 2 aliphatic heterocycles. The van der Waals surface area contributed by atoms with Gasteiger partial charge in [-0.3, -0.25) is 19.3 Å². The lowest BCUT2D eigenvalue weighted by Crippen LogP contribution is -2.44. The lowest BCUT2D eigenvalue weighted by atomic mass is 10.1. The number of thioether (sulfide) groups is 1. The van der Waals surface area contributed by atoms with Crippen molar-refractivity contribution in [3.05, 3.63) is 58.8 Å². The molecule has 0 aliphatic carbocycles. The molecule has 0 atom stereocenters. The molecule has 1 aromatic heterocycles. The van der Waals surface area contributed by atoms with Crippen molar-refractivity contribution < 1.29 is 14.4 Å². The molecule has 1 aromatic carbocycles. The zero-order valence-electron chi connectivity index (χ0n) is 16.3. The lowest BCUT2D eigenvalue weighted by molar-refractivity contribution is -0.136. The first kappa shape index (κ1) is 19.5. The maximum absolute atomic E-state index is 12.8. The Hall–Kier alpha value is -2.80. The number of carbonyl (C=O) groups is 3. The molecular weight excluding hydrogens is 386 g/mol. The Morgan fingerprint density at radius 1 is 1.07 bits per heavy atom. The second-order valence-corrected chi connectivity index (χ2v) is 8.34. The Morgan fingerprint density at radius 3 is 2.52 bits per heavy atom. The molecule has 6 nitrogen and oxygen atoms in total. The van der Waals surface area contributed by atoms with Gasteiger partial charge in [-0.15, -0.1) is 0 Å². The van der Waals surface area contributed by atoms with Gasteiger partial charge in [-0.05, 0) is 68.3 Å². The quantitative estimate of drug-likeness (QED) is 0.720. The van der Waals surface area contributed by atoms with Crippen LogP contribution in [0.15, 0.2) is 47.5 Å². The fourth-order valence-electron chi connectivity index (χ4n) is 3.60. The van der Waals surface area contributed by atoms with Gasteiger partial charge >= 0.3 is 0 Å². The number of likely N-dealkylation sites (tertiary alicyclic amines) is 1. The van der Waals surface area contributed by atoms with Crippen molar-refractivity contribution in [3.63, 3.8) is 0 Å². The Balaban J connectivity index is 1.52. The van der Waals surface area contributed by atoms with Crippen LogP contribution in [0.3, 0.4) is 0 Å². The van der Waals surface area contributed by atoms with Crippen LogP contribution in [0.2, 0.25) is 0 Å². The topological polar surface area (TPSA) is 62.6 Å². The molecule has 2 aromatic rings. The first-order chi connectivity index (χ1) is 14.0. The molecule has 7 heteroatoms. The number of nitrogens with zero attached hydrogens (tertiary/aromatic N) is 3. The van der Waals surface area contributed by atoms with Crippen molar-refractivity contribution in [2.45, 2.75) is 26.2 Å². The SMILES string of the molecule is Cc1ccc(-n2cccc2/C=C2\SC(=O)N(CC(=O)N3CCCCC3)C2=O)cc1. The van der Waals surface area contributed by atoms with Crippen LogP contribution in [-0.2, 0) is 9.59 Å². The van der Waals surface area contributed by atoms with Crippen molar-refractivity contribution in [1.29, 1.82) is 0 Å². The number of piperidine rings is 1. The van der Waals surface area contributed by atoms with Gasteiger partial charge in [-0.1, -0.05) is 17.7 Å². The third-order valence-corrected chi connectivity index (χ3v) is 6.15. The monoisotopic (exact) mass is 409 g/mol. The molecule has 150 valence electrons. The molecule has 29 heavy (non-hydrogen) atoms. The van der Waals surface area contributed by atoms with E-state index in [0.29, 0.717) is 18.0 Å². The van der Waals surface area contributed by atoms with Crippen LogP contribution in [0.1, 0.15) is 30.5 Å². The molecule has 0 saturated carbocycles. The Bertz CT molecular complexity index is 971. The minimum absolute atomic E-state index is 0.156. The Kier molecular flexibility index (Phi) is 5.58. The van der Waals surface area contributed by atoms with Crippen LogP contribution in [0.5, 0.6) is 0 Å². The highest BCUT2D eigenvalue weighted by Gasteiger charge is 2.37. The summed E-state index contributed by atoms with van der Waals surface area (Å²) >= 11 is 0.889. The summed E-state index contributed by atoms with van der Waals surface area (Å²) in [6.45, 7) is 3.26. The van der Waals surface area contributed by atoms with E-state index in [-0.39, 0.29) is 17.7 Å². The van der Waals surface area contributed by atoms with Crippen LogP contribution in [-0.4, -0.2) is 51.1 Å². The standard InChI is InChI=1S/C22H23N3O3S/c1-16-7-9-17(10-8-16)24-13-5-6-18(24)14-19-21(27)25(22(28)29-19)15-20(26)23-11-3-2-4-12-23/h5-10,13-14H,2-4,11-12,15H2,1H3/b19-14-. The largest absolute Gasteiger partial charge is 0.341 e. The van der Waals surface area contributed by atoms with E-state index in [0.717, 1.165) is 47.3 Å². The second kappa shape index (κ2) is 8.29. The summed E-state index contributed by atoms with van der Waals surface area (Å²) in [6, 6.07) is 11.9. The summed E-state index contributed by atoms with van der Waals surface area (Å²) in [6.07, 6.45) is 6.71. The molecule has 0 unspecified atom stereocenters. The van der Waals surface area contributed by atoms with Crippen molar-refractivity contribution in [2.75, 3.05) is 19.6 Å². The number of carbonyl (C=O) groups excluding carboxylic acids is 3. The van der Waals surface area contributed by atoms with Gasteiger partial charge in [-0.2, -0.15) is 0 Å². The van der Waals surface area contributed by atoms with E-state index in [2.05, 4.69) is 0 Å². The predicted octanol–water partition coefficient (Wildman–Crippen LogP) is 3.83. The van der Waals surface area contributed by atoms with Gasteiger partial charge in [-0.25, -0.2) is 0 Å². The van der Waals surface area contributed by atoms with Gasteiger partial charge in [0.1, 0.15) is 6.54 Å². The average molecular weight is 410 g/mol. The molecule has 0 bridgehead atoms. The molecule has 3 heterocycles. The summed E-state index contributed by atoms with van der Waals surface area (Å²) in [5.74, 6) is -0.557. The number of rotatable bonds is 4. The van der Waals surface area contributed by atoms with Crippen LogP contribution >= 0.6 is 11.8 Å². The predicted molar refractivity (Wildman–Crippen MR) is 114 cm³/mol. The van der Waals surface area contributed by atoms with E-state index in [1.54, 1.807) is 11.0 Å². The Labute approximate surface area is 174 Å². The van der Waals surface area contributed by atoms with Crippen LogP contribution in [0.4, 0.5) is 4.79 Å². The molecule has 3 amide bonds. The lowest BCUT2D eigenvalue weighted by Gasteiger charge is -2.27. The van der Waals surface area contributed by atoms with Gasteiger partial charge in [0.2, 0.25) is 5.91 Å².